The number of unbranched alkanes of at least 4 members (excludes halogenated alkanes) is 1. The lowest BCUT2D eigenvalue weighted by Crippen LogP contribution is -2.25. The zero-order chi connectivity index (χ0) is 18.1. The Labute approximate surface area is 143 Å². The van der Waals surface area contributed by atoms with Crippen molar-refractivity contribution in [1.82, 2.24) is 9.06 Å². The van der Waals surface area contributed by atoms with E-state index in [2.05, 4.69) is 10.8 Å². The summed E-state index contributed by atoms with van der Waals surface area (Å²) in [7, 11) is -8.84. The Morgan fingerprint density at radius 3 is 2.62 bits per heavy atom. The zero-order valence-electron chi connectivity index (χ0n) is 12.6. The SMILES string of the molecule is CCCCNS(=O)(=O)c1cc2c[c]c(=O)n(P(=O)(O)O)c2cc1Cl. The minimum atomic E-state index is -4.95. The lowest BCUT2D eigenvalue weighted by molar-refractivity contribution is 0.361. The van der Waals surface area contributed by atoms with E-state index in [9.17, 15) is 27.6 Å². The summed E-state index contributed by atoms with van der Waals surface area (Å²) in [5, 5.41) is -0.141. The van der Waals surface area contributed by atoms with Crippen LogP contribution in [0.4, 0.5) is 0 Å². The van der Waals surface area contributed by atoms with E-state index in [0.29, 0.717) is 6.42 Å². The molecule has 0 atom stereocenters. The molecule has 0 fully saturated rings. The summed E-state index contributed by atoms with van der Waals surface area (Å²) in [6.45, 7) is 2.15. The van der Waals surface area contributed by atoms with E-state index in [1.165, 1.54) is 0 Å². The fourth-order valence-electron chi connectivity index (χ4n) is 2.09. The number of fused-ring (bicyclic) bond motifs is 1. The average molecular weight is 394 g/mol. The lowest BCUT2D eigenvalue weighted by atomic mass is 10.2. The molecule has 0 amide bonds. The van der Waals surface area contributed by atoms with E-state index in [4.69, 9.17) is 11.6 Å². The highest BCUT2D eigenvalue weighted by Crippen LogP contribution is 2.39. The molecule has 1 aromatic heterocycles. The number of pyridine rings is 1. The van der Waals surface area contributed by atoms with E-state index in [1.54, 1.807) is 0 Å². The van der Waals surface area contributed by atoms with Crippen LogP contribution in [0.3, 0.4) is 0 Å². The van der Waals surface area contributed by atoms with Gasteiger partial charge in [-0.25, -0.2) is 22.0 Å². The first-order chi connectivity index (χ1) is 11.1. The van der Waals surface area contributed by atoms with Crippen LogP contribution < -0.4 is 10.3 Å². The lowest BCUT2D eigenvalue weighted by Gasteiger charge is -2.13. The number of halogens is 1. The van der Waals surface area contributed by atoms with Crippen molar-refractivity contribution in [3.8, 4) is 0 Å². The fraction of sp³-hybridized carbons (Fsp3) is 0.308. The van der Waals surface area contributed by atoms with E-state index in [0.717, 1.165) is 24.6 Å². The number of benzene rings is 1. The molecule has 1 radical (unpaired) electrons. The summed E-state index contributed by atoms with van der Waals surface area (Å²) in [6, 6.07) is 5.50. The maximum absolute atomic E-state index is 12.3. The van der Waals surface area contributed by atoms with Gasteiger partial charge in [0.25, 0.3) is 5.56 Å². The van der Waals surface area contributed by atoms with Gasteiger partial charge in [0.05, 0.1) is 16.6 Å². The Bertz CT molecular complexity index is 982. The summed E-state index contributed by atoms with van der Waals surface area (Å²) in [5.74, 6) is 0. The Morgan fingerprint density at radius 2 is 2.04 bits per heavy atom. The molecule has 24 heavy (non-hydrogen) atoms. The van der Waals surface area contributed by atoms with Crippen molar-refractivity contribution < 1.29 is 22.8 Å². The van der Waals surface area contributed by atoms with Crippen LogP contribution in [0.2, 0.25) is 5.02 Å². The molecule has 0 unspecified atom stereocenters. The summed E-state index contributed by atoms with van der Waals surface area (Å²) in [5.41, 5.74) is -1.21. The van der Waals surface area contributed by atoms with Gasteiger partial charge in [-0.3, -0.25) is 4.79 Å². The highest BCUT2D eigenvalue weighted by Gasteiger charge is 2.24. The second kappa shape index (κ2) is 6.95. The first-order valence-electron chi connectivity index (χ1n) is 6.91. The molecular weight excluding hydrogens is 379 g/mol. The van der Waals surface area contributed by atoms with Crippen molar-refractivity contribution in [2.75, 3.05) is 6.54 Å². The maximum Gasteiger partial charge on any atom is 0.437 e. The summed E-state index contributed by atoms with van der Waals surface area (Å²) in [4.78, 5) is 30.1. The second-order valence-corrected chi connectivity index (χ2v) is 8.58. The fourth-order valence-corrected chi connectivity index (χ4v) is 4.47. The highest BCUT2D eigenvalue weighted by atomic mass is 35.5. The predicted molar refractivity (Wildman–Crippen MR) is 89.6 cm³/mol. The molecule has 0 aliphatic rings. The van der Waals surface area contributed by atoms with Crippen LogP contribution in [-0.4, -0.2) is 29.1 Å². The van der Waals surface area contributed by atoms with Crippen molar-refractivity contribution in [2.24, 2.45) is 0 Å². The second-order valence-electron chi connectivity index (χ2n) is 5.01. The van der Waals surface area contributed by atoms with Gasteiger partial charge in [-0.2, -0.15) is 0 Å². The molecule has 0 aliphatic heterocycles. The first-order valence-corrected chi connectivity index (χ1v) is 10.3. The molecule has 8 nitrogen and oxygen atoms in total. The molecular formula is C13H15ClN2O6PS. The van der Waals surface area contributed by atoms with Gasteiger partial charge in [0.2, 0.25) is 10.0 Å². The third-order valence-electron chi connectivity index (χ3n) is 3.23. The van der Waals surface area contributed by atoms with Crippen LogP contribution in [0.5, 0.6) is 0 Å². The molecule has 2 aromatic rings. The number of nitrogens with zero attached hydrogens (tertiary/aromatic N) is 1. The van der Waals surface area contributed by atoms with Crippen LogP contribution in [-0.2, 0) is 14.6 Å². The van der Waals surface area contributed by atoms with E-state index >= 15 is 0 Å². The number of hydrogen-bond acceptors (Lipinski definition) is 4. The molecule has 11 heteroatoms. The Kier molecular flexibility index (Phi) is 5.54. The van der Waals surface area contributed by atoms with Gasteiger partial charge in [0.15, 0.2) is 0 Å². The van der Waals surface area contributed by atoms with Crippen LogP contribution in [0.1, 0.15) is 19.8 Å². The number of aromatic nitrogens is 1. The van der Waals surface area contributed by atoms with Crippen molar-refractivity contribution in [2.45, 2.75) is 24.7 Å². The van der Waals surface area contributed by atoms with Crippen molar-refractivity contribution >= 4 is 40.3 Å². The molecule has 131 valence electrons. The van der Waals surface area contributed by atoms with Crippen LogP contribution >= 0.6 is 19.3 Å². The number of sulfonamides is 1. The molecule has 0 bridgehead atoms. The van der Waals surface area contributed by atoms with Gasteiger partial charge in [-0.05, 0) is 24.6 Å². The smallest absolute Gasteiger partial charge is 0.308 e. The zero-order valence-corrected chi connectivity index (χ0v) is 15.0. The van der Waals surface area contributed by atoms with Crippen LogP contribution in [0.25, 0.3) is 10.9 Å². The molecule has 1 aromatic carbocycles. The molecule has 0 spiro atoms. The Balaban J connectivity index is 2.66. The monoisotopic (exact) mass is 393 g/mol. The van der Waals surface area contributed by atoms with Crippen molar-refractivity contribution in [1.29, 1.82) is 0 Å². The molecule has 3 N–H and O–H groups in total. The van der Waals surface area contributed by atoms with Crippen molar-refractivity contribution in [3.05, 3.63) is 39.6 Å². The number of rotatable bonds is 6. The van der Waals surface area contributed by atoms with Crippen LogP contribution in [0.15, 0.2) is 27.9 Å². The third kappa shape index (κ3) is 3.88. The van der Waals surface area contributed by atoms with Crippen LogP contribution in [0, 0.1) is 6.07 Å². The summed E-state index contributed by atoms with van der Waals surface area (Å²) >= 11 is 5.98. The molecule has 0 saturated carbocycles. The largest absolute Gasteiger partial charge is 0.437 e. The standard InChI is InChI=1S/C13H15ClN2O6PS/c1-2-3-6-15-24(21,22)12-7-9-4-5-13(17)16(23(18,19)20)11(9)8-10(12)14/h4,7-8,15H,2-3,6H2,1H3,(H2,18,19,20). The Hall–Kier alpha value is -1.22. The van der Waals surface area contributed by atoms with Gasteiger partial charge in [-0.15, -0.1) is 0 Å². The van der Waals surface area contributed by atoms with Crippen molar-refractivity contribution in [3.63, 3.8) is 0 Å². The topological polar surface area (TPSA) is 126 Å². The highest BCUT2D eigenvalue weighted by molar-refractivity contribution is 7.89. The quantitative estimate of drug-likeness (QED) is 0.504. The van der Waals surface area contributed by atoms with Gasteiger partial charge >= 0.3 is 7.75 Å². The van der Waals surface area contributed by atoms with E-state index < -0.39 is 23.3 Å². The third-order valence-corrected chi connectivity index (χ3v) is 6.07. The average Bonchev–Trinajstić information content (AvgIpc) is 2.44. The number of hydrogen-bond donors (Lipinski definition) is 3. The summed E-state index contributed by atoms with van der Waals surface area (Å²) in [6.07, 6.45) is 1.45. The van der Waals surface area contributed by atoms with Gasteiger partial charge in [0.1, 0.15) is 4.90 Å². The minimum absolute atomic E-state index is 0.109. The van der Waals surface area contributed by atoms with Gasteiger partial charge < -0.3 is 9.79 Å². The number of nitrogens with one attached hydrogen (secondary N) is 1. The molecule has 0 saturated heterocycles. The van der Waals surface area contributed by atoms with Gasteiger partial charge in [0, 0.05) is 11.9 Å². The maximum atomic E-state index is 12.3. The Morgan fingerprint density at radius 1 is 1.38 bits per heavy atom. The first kappa shape index (κ1) is 19.1. The normalized spacial score (nSPS) is 12.7. The van der Waals surface area contributed by atoms with E-state index in [1.807, 2.05) is 6.92 Å². The predicted octanol–water partition coefficient (Wildman–Crippen LogP) is 1.47. The minimum Gasteiger partial charge on any atom is -0.308 e. The molecule has 0 aliphatic carbocycles. The molecule has 2 rings (SSSR count). The summed E-state index contributed by atoms with van der Waals surface area (Å²) < 4.78 is 38.7. The molecule has 1 heterocycles. The van der Waals surface area contributed by atoms with Gasteiger partial charge in [-0.1, -0.05) is 24.9 Å². The van der Waals surface area contributed by atoms with E-state index in [-0.39, 0.29) is 31.7 Å².